The number of nitrogens with one attached hydrogen (secondary N) is 1. The summed E-state index contributed by atoms with van der Waals surface area (Å²) in [5.74, 6) is 0.0553. The average molecular weight is 237 g/mol. The van der Waals surface area contributed by atoms with Gasteiger partial charge in [-0.2, -0.15) is 4.98 Å². The molecule has 3 heterocycles. The number of epoxide rings is 1. The number of nitrogens with zero attached hydrogens (tertiary/aromatic N) is 3. The van der Waals surface area contributed by atoms with Gasteiger partial charge >= 0.3 is 0 Å². The number of aromatic amines is 1. The minimum absolute atomic E-state index is 0.00650. The van der Waals surface area contributed by atoms with E-state index in [4.69, 9.17) is 15.6 Å². The van der Waals surface area contributed by atoms with E-state index >= 15 is 0 Å². The fraction of sp³-hybridized carbons (Fsp3) is 0.444. The van der Waals surface area contributed by atoms with E-state index in [-0.39, 0.29) is 35.8 Å². The molecule has 0 saturated carbocycles. The zero-order valence-corrected chi connectivity index (χ0v) is 8.83. The van der Waals surface area contributed by atoms with Crippen molar-refractivity contribution in [2.24, 2.45) is 0 Å². The number of anilines is 1. The van der Waals surface area contributed by atoms with Crippen LogP contribution in [0, 0.1) is 0 Å². The number of H-pyrrole nitrogens is 1. The standard InChI is InChI=1S/C9H11N5O3/c10-9-12-7-6(8(16)13-9)11-3-14(7)1-4-5(2-15)17-4/h3-5,15H,1-2H2,(H3,10,12,13,16). The Morgan fingerprint density at radius 1 is 1.59 bits per heavy atom. The van der Waals surface area contributed by atoms with Crippen LogP contribution in [0.15, 0.2) is 11.1 Å². The second-order valence-electron chi connectivity index (χ2n) is 3.92. The third kappa shape index (κ3) is 1.67. The highest BCUT2D eigenvalue weighted by molar-refractivity contribution is 5.70. The summed E-state index contributed by atoms with van der Waals surface area (Å²) >= 11 is 0. The fourth-order valence-corrected chi connectivity index (χ4v) is 1.80. The molecule has 2 unspecified atom stereocenters. The van der Waals surface area contributed by atoms with Gasteiger partial charge in [0.15, 0.2) is 11.2 Å². The molecule has 17 heavy (non-hydrogen) atoms. The molecule has 0 radical (unpaired) electrons. The van der Waals surface area contributed by atoms with E-state index in [2.05, 4.69) is 15.0 Å². The van der Waals surface area contributed by atoms with Crippen LogP contribution in [0.25, 0.3) is 11.2 Å². The molecule has 1 aliphatic rings. The lowest BCUT2D eigenvalue weighted by molar-refractivity contribution is 0.241. The normalized spacial score (nSPS) is 23.1. The zero-order chi connectivity index (χ0) is 12.0. The number of nitrogens with two attached hydrogens (primary N) is 1. The minimum atomic E-state index is -0.360. The molecule has 1 fully saturated rings. The Bertz CT molecular complexity index is 619. The zero-order valence-electron chi connectivity index (χ0n) is 8.83. The van der Waals surface area contributed by atoms with E-state index in [1.54, 1.807) is 4.57 Å². The molecule has 1 aliphatic heterocycles. The van der Waals surface area contributed by atoms with Gasteiger partial charge in [0.1, 0.15) is 12.2 Å². The van der Waals surface area contributed by atoms with Crippen molar-refractivity contribution >= 4 is 17.1 Å². The maximum Gasteiger partial charge on any atom is 0.280 e. The SMILES string of the molecule is Nc1nc2c(ncn2CC2OC2CO)c(=O)[nH]1. The van der Waals surface area contributed by atoms with Gasteiger partial charge in [-0.3, -0.25) is 9.78 Å². The molecule has 8 nitrogen and oxygen atoms in total. The van der Waals surface area contributed by atoms with Gasteiger partial charge in [0.05, 0.1) is 19.5 Å². The van der Waals surface area contributed by atoms with Gasteiger partial charge in [-0.15, -0.1) is 0 Å². The van der Waals surface area contributed by atoms with Crippen molar-refractivity contribution in [2.45, 2.75) is 18.8 Å². The molecule has 0 aliphatic carbocycles. The largest absolute Gasteiger partial charge is 0.394 e. The molecule has 3 rings (SSSR count). The van der Waals surface area contributed by atoms with Crippen molar-refractivity contribution in [3.8, 4) is 0 Å². The number of aliphatic hydroxyl groups excluding tert-OH is 1. The first-order chi connectivity index (χ1) is 8.19. The Kier molecular flexibility index (Phi) is 2.13. The molecule has 0 bridgehead atoms. The van der Waals surface area contributed by atoms with Gasteiger partial charge in [-0.25, -0.2) is 4.98 Å². The van der Waals surface area contributed by atoms with E-state index < -0.39 is 0 Å². The number of hydrogen-bond acceptors (Lipinski definition) is 6. The molecule has 4 N–H and O–H groups in total. The molecule has 0 aromatic carbocycles. The summed E-state index contributed by atoms with van der Waals surface area (Å²) < 4.78 is 6.90. The van der Waals surface area contributed by atoms with Crippen LogP contribution in [0.1, 0.15) is 0 Å². The molecule has 2 atom stereocenters. The van der Waals surface area contributed by atoms with Gasteiger partial charge in [0.25, 0.3) is 5.56 Å². The number of ether oxygens (including phenoxy) is 1. The van der Waals surface area contributed by atoms with Gasteiger partial charge in [-0.05, 0) is 0 Å². The Morgan fingerprint density at radius 2 is 2.41 bits per heavy atom. The van der Waals surface area contributed by atoms with E-state index in [1.807, 2.05) is 0 Å². The monoisotopic (exact) mass is 237 g/mol. The Balaban J connectivity index is 1.98. The third-order valence-corrected chi connectivity index (χ3v) is 2.74. The van der Waals surface area contributed by atoms with Crippen molar-refractivity contribution < 1.29 is 9.84 Å². The highest BCUT2D eigenvalue weighted by atomic mass is 16.6. The van der Waals surface area contributed by atoms with Crippen molar-refractivity contribution in [1.82, 2.24) is 19.5 Å². The Hall–Kier alpha value is -1.93. The summed E-state index contributed by atoms with van der Waals surface area (Å²) in [5, 5.41) is 8.87. The van der Waals surface area contributed by atoms with Crippen molar-refractivity contribution in [3.05, 3.63) is 16.7 Å². The number of hydrogen-bond donors (Lipinski definition) is 3. The van der Waals surface area contributed by atoms with Crippen molar-refractivity contribution in [2.75, 3.05) is 12.3 Å². The van der Waals surface area contributed by atoms with Crippen molar-refractivity contribution in [1.29, 1.82) is 0 Å². The lowest BCUT2D eigenvalue weighted by Gasteiger charge is -2.00. The first-order valence-corrected chi connectivity index (χ1v) is 5.16. The molecule has 2 aromatic rings. The number of fused-ring (bicyclic) bond motifs is 1. The summed E-state index contributed by atoms with van der Waals surface area (Å²) in [6, 6.07) is 0. The lowest BCUT2D eigenvalue weighted by Crippen LogP contribution is -2.13. The Labute approximate surface area is 95.1 Å². The first kappa shape index (κ1) is 10.2. The second kappa shape index (κ2) is 3.54. The van der Waals surface area contributed by atoms with Gasteiger partial charge in [-0.1, -0.05) is 0 Å². The van der Waals surface area contributed by atoms with Crippen LogP contribution in [0.2, 0.25) is 0 Å². The number of imidazole rings is 1. The summed E-state index contributed by atoms with van der Waals surface area (Å²) in [5.41, 5.74) is 5.79. The van der Waals surface area contributed by atoms with Crippen LogP contribution in [0.5, 0.6) is 0 Å². The molecular weight excluding hydrogens is 226 g/mol. The lowest BCUT2D eigenvalue weighted by atomic mass is 10.3. The molecule has 2 aromatic heterocycles. The number of aromatic nitrogens is 4. The van der Waals surface area contributed by atoms with Crippen LogP contribution in [0.3, 0.4) is 0 Å². The van der Waals surface area contributed by atoms with Crippen molar-refractivity contribution in [3.63, 3.8) is 0 Å². The second-order valence-corrected chi connectivity index (χ2v) is 3.92. The highest BCUT2D eigenvalue weighted by Crippen LogP contribution is 2.23. The van der Waals surface area contributed by atoms with E-state index in [0.717, 1.165) is 0 Å². The smallest absolute Gasteiger partial charge is 0.280 e. The van der Waals surface area contributed by atoms with E-state index in [9.17, 15) is 4.79 Å². The average Bonchev–Trinajstić information content (AvgIpc) is 2.92. The van der Waals surface area contributed by atoms with Crippen LogP contribution in [0.4, 0.5) is 5.95 Å². The Morgan fingerprint density at radius 3 is 3.12 bits per heavy atom. The topological polar surface area (TPSA) is 122 Å². The van der Waals surface area contributed by atoms with Crippen LogP contribution >= 0.6 is 0 Å². The van der Waals surface area contributed by atoms with Crippen LogP contribution in [-0.4, -0.2) is 43.4 Å². The quantitative estimate of drug-likeness (QED) is 0.556. The van der Waals surface area contributed by atoms with Crippen LogP contribution in [-0.2, 0) is 11.3 Å². The van der Waals surface area contributed by atoms with E-state index in [0.29, 0.717) is 12.2 Å². The highest BCUT2D eigenvalue weighted by Gasteiger charge is 2.38. The van der Waals surface area contributed by atoms with Gasteiger partial charge in [0.2, 0.25) is 5.95 Å². The number of nitrogen functional groups attached to an aromatic ring is 1. The molecule has 8 heteroatoms. The molecule has 0 amide bonds. The van der Waals surface area contributed by atoms with Crippen LogP contribution < -0.4 is 11.3 Å². The number of aliphatic hydroxyl groups is 1. The third-order valence-electron chi connectivity index (χ3n) is 2.74. The predicted octanol–water partition coefficient (Wildman–Crippen LogP) is -1.54. The molecule has 90 valence electrons. The maximum absolute atomic E-state index is 11.5. The maximum atomic E-state index is 11.5. The molecular formula is C9H11N5O3. The summed E-state index contributed by atoms with van der Waals surface area (Å²) in [6.45, 7) is 0.491. The van der Waals surface area contributed by atoms with Gasteiger partial charge in [0, 0.05) is 0 Å². The summed E-state index contributed by atoms with van der Waals surface area (Å²) in [7, 11) is 0. The summed E-state index contributed by atoms with van der Waals surface area (Å²) in [6.07, 6.45) is 1.33. The van der Waals surface area contributed by atoms with E-state index in [1.165, 1.54) is 6.33 Å². The number of rotatable bonds is 3. The molecule has 1 saturated heterocycles. The fourth-order valence-electron chi connectivity index (χ4n) is 1.80. The first-order valence-electron chi connectivity index (χ1n) is 5.16. The summed E-state index contributed by atoms with van der Waals surface area (Å²) in [4.78, 5) is 21.9. The molecule has 0 spiro atoms. The predicted molar refractivity (Wildman–Crippen MR) is 58.3 cm³/mol. The minimum Gasteiger partial charge on any atom is -0.394 e. The van der Waals surface area contributed by atoms with Gasteiger partial charge < -0.3 is 20.1 Å².